The maximum atomic E-state index is 5.84. The molecule has 1 aromatic rings. The van der Waals surface area contributed by atoms with Gasteiger partial charge in [-0.3, -0.25) is 4.90 Å². The van der Waals surface area contributed by atoms with Crippen molar-refractivity contribution < 1.29 is 4.74 Å². The summed E-state index contributed by atoms with van der Waals surface area (Å²) in [6.07, 6.45) is 3.66. The molecule has 0 saturated carbocycles. The molecule has 2 rings (SSSR count). The highest BCUT2D eigenvalue weighted by Gasteiger charge is 2.23. The molecule has 0 radical (unpaired) electrons. The lowest BCUT2D eigenvalue weighted by Gasteiger charge is -2.31. The first-order chi connectivity index (χ1) is 8.33. The van der Waals surface area contributed by atoms with E-state index in [4.69, 9.17) is 4.74 Å². The number of nitrogens with zero attached hydrogens (tertiary/aromatic N) is 2. The molecule has 96 valence electrons. The van der Waals surface area contributed by atoms with Crippen LogP contribution >= 0.6 is 11.3 Å². The summed E-state index contributed by atoms with van der Waals surface area (Å²) in [5, 5.41) is 3.34. The molecule has 0 N–H and O–H groups in total. The second-order valence-electron chi connectivity index (χ2n) is 4.59. The van der Waals surface area contributed by atoms with Gasteiger partial charge in [0.15, 0.2) is 0 Å². The van der Waals surface area contributed by atoms with Crippen LogP contribution in [0.1, 0.15) is 43.5 Å². The Kier molecular flexibility index (Phi) is 4.95. The fourth-order valence-corrected chi connectivity index (χ4v) is 3.10. The lowest BCUT2D eigenvalue weighted by atomic mass is 10.2. The lowest BCUT2D eigenvalue weighted by Crippen LogP contribution is -2.38. The van der Waals surface area contributed by atoms with Crippen molar-refractivity contribution >= 4 is 11.3 Å². The Morgan fingerprint density at radius 1 is 1.47 bits per heavy atom. The van der Waals surface area contributed by atoms with Gasteiger partial charge in [0.25, 0.3) is 0 Å². The van der Waals surface area contributed by atoms with Crippen LogP contribution in [0.25, 0.3) is 0 Å². The molecule has 1 saturated heterocycles. The number of hydrogen-bond donors (Lipinski definition) is 0. The molecule has 1 aliphatic rings. The first-order valence-corrected chi connectivity index (χ1v) is 7.49. The van der Waals surface area contributed by atoms with Crippen LogP contribution in [0.3, 0.4) is 0 Å². The van der Waals surface area contributed by atoms with Gasteiger partial charge in [-0.05, 0) is 19.4 Å². The van der Waals surface area contributed by atoms with Gasteiger partial charge in [-0.1, -0.05) is 20.3 Å². The van der Waals surface area contributed by atoms with E-state index in [-0.39, 0.29) is 6.10 Å². The first-order valence-electron chi connectivity index (χ1n) is 6.61. The second-order valence-corrected chi connectivity index (χ2v) is 5.48. The summed E-state index contributed by atoms with van der Waals surface area (Å²) >= 11 is 1.75. The van der Waals surface area contributed by atoms with E-state index in [9.17, 15) is 0 Å². The molecule has 3 nitrogen and oxygen atoms in total. The molecule has 0 amide bonds. The average molecular weight is 254 g/mol. The maximum Gasteiger partial charge on any atom is 0.123 e. The maximum absolute atomic E-state index is 5.84. The Labute approximate surface area is 108 Å². The minimum atomic E-state index is 0.200. The van der Waals surface area contributed by atoms with E-state index in [1.165, 1.54) is 18.7 Å². The summed E-state index contributed by atoms with van der Waals surface area (Å²) in [6, 6.07) is 0. The first kappa shape index (κ1) is 13.0. The third-order valence-electron chi connectivity index (χ3n) is 3.04. The van der Waals surface area contributed by atoms with E-state index in [0.717, 1.165) is 37.5 Å². The van der Waals surface area contributed by atoms with Gasteiger partial charge < -0.3 is 4.74 Å². The minimum absolute atomic E-state index is 0.200. The zero-order chi connectivity index (χ0) is 12.1. The predicted molar refractivity (Wildman–Crippen MR) is 71.5 cm³/mol. The normalized spacial score (nSPS) is 21.9. The van der Waals surface area contributed by atoms with Gasteiger partial charge in [0, 0.05) is 18.5 Å². The summed E-state index contributed by atoms with van der Waals surface area (Å²) in [7, 11) is 0. The van der Waals surface area contributed by atoms with Crippen molar-refractivity contribution in [3.05, 3.63) is 16.1 Å². The van der Waals surface area contributed by atoms with Crippen LogP contribution in [0, 0.1) is 0 Å². The van der Waals surface area contributed by atoms with Crippen molar-refractivity contribution in [2.45, 2.75) is 39.2 Å². The van der Waals surface area contributed by atoms with Gasteiger partial charge in [0.1, 0.15) is 11.1 Å². The van der Waals surface area contributed by atoms with Gasteiger partial charge in [-0.15, -0.1) is 11.3 Å². The lowest BCUT2D eigenvalue weighted by molar-refractivity contribution is -0.0299. The molecule has 2 heterocycles. The minimum Gasteiger partial charge on any atom is -0.368 e. The van der Waals surface area contributed by atoms with Crippen LogP contribution in [-0.2, 0) is 11.2 Å². The van der Waals surface area contributed by atoms with Crippen LogP contribution < -0.4 is 0 Å². The van der Waals surface area contributed by atoms with Crippen molar-refractivity contribution in [2.24, 2.45) is 0 Å². The van der Waals surface area contributed by atoms with E-state index >= 15 is 0 Å². The molecular formula is C13H22N2OS. The van der Waals surface area contributed by atoms with Gasteiger partial charge in [0.2, 0.25) is 0 Å². The highest BCUT2D eigenvalue weighted by Crippen LogP contribution is 2.25. The van der Waals surface area contributed by atoms with Crippen LogP contribution in [0.5, 0.6) is 0 Å². The molecule has 1 aliphatic heterocycles. The molecular weight excluding hydrogens is 232 g/mol. The van der Waals surface area contributed by atoms with Crippen molar-refractivity contribution in [1.82, 2.24) is 9.88 Å². The van der Waals surface area contributed by atoms with E-state index in [2.05, 4.69) is 29.1 Å². The van der Waals surface area contributed by atoms with Gasteiger partial charge >= 0.3 is 0 Å². The topological polar surface area (TPSA) is 25.4 Å². The molecule has 0 aromatic carbocycles. The number of ether oxygens (including phenoxy) is 1. The Bertz CT molecular complexity index is 338. The smallest absolute Gasteiger partial charge is 0.123 e. The highest BCUT2D eigenvalue weighted by atomic mass is 32.1. The molecule has 17 heavy (non-hydrogen) atoms. The number of aryl methyl sites for hydroxylation is 1. The summed E-state index contributed by atoms with van der Waals surface area (Å²) in [5.41, 5.74) is 1.23. The van der Waals surface area contributed by atoms with E-state index in [1.807, 2.05) is 0 Å². The summed E-state index contributed by atoms with van der Waals surface area (Å²) in [5.74, 6) is 0. The largest absolute Gasteiger partial charge is 0.368 e. The third kappa shape index (κ3) is 3.50. The van der Waals surface area contributed by atoms with E-state index < -0.39 is 0 Å². The SMILES string of the molecule is CCCc1csc(C2CN(CCC)CCO2)n1. The van der Waals surface area contributed by atoms with E-state index in [0.29, 0.717) is 0 Å². The molecule has 0 bridgehead atoms. The zero-order valence-electron chi connectivity index (χ0n) is 10.8. The van der Waals surface area contributed by atoms with Crippen LogP contribution in [0.15, 0.2) is 5.38 Å². The van der Waals surface area contributed by atoms with Gasteiger partial charge in [-0.2, -0.15) is 0 Å². The molecule has 1 fully saturated rings. The number of aromatic nitrogens is 1. The Morgan fingerprint density at radius 2 is 2.35 bits per heavy atom. The molecule has 1 unspecified atom stereocenters. The molecule has 0 spiro atoms. The number of rotatable bonds is 5. The Morgan fingerprint density at radius 3 is 3.12 bits per heavy atom. The standard InChI is InChI=1S/C13H22N2OS/c1-3-5-11-10-17-13(14-11)12-9-15(6-4-2)7-8-16-12/h10,12H,3-9H2,1-2H3. The fraction of sp³-hybridized carbons (Fsp3) is 0.769. The van der Waals surface area contributed by atoms with Crippen LogP contribution in [0.2, 0.25) is 0 Å². The monoisotopic (exact) mass is 254 g/mol. The Balaban J connectivity index is 1.95. The average Bonchev–Trinajstić information content (AvgIpc) is 2.79. The highest BCUT2D eigenvalue weighted by molar-refractivity contribution is 7.09. The molecule has 0 aliphatic carbocycles. The summed E-state index contributed by atoms with van der Waals surface area (Å²) < 4.78 is 5.84. The summed E-state index contributed by atoms with van der Waals surface area (Å²) in [6.45, 7) is 8.51. The Hall–Kier alpha value is -0.450. The van der Waals surface area contributed by atoms with Crippen LogP contribution in [0.4, 0.5) is 0 Å². The van der Waals surface area contributed by atoms with Crippen molar-refractivity contribution in [2.75, 3.05) is 26.2 Å². The molecule has 1 aromatic heterocycles. The van der Waals surface area contributed by atoms with Gasteiger partial charge in [-0.25, -0.2) is 4.98 Å². The van der Waals surface area contributed by atoms with E-state index in [1.54, 1.807) is 11.3 Å². The van der Waals surface area contributed by atoms with Crippen LogP contribution in [-0.4, -0.2) is 36.1 Å². The van der Waals surface area contributed by atoms with Crippen molar-refractivity contribution in [3.8, 4) is 0 Å². The quantitative estimate of drug-likeness (QED) is 0.808. The molecule has 4 heteroatoms. The second kappa shape index (κ2) is 6.47. The fourth-order valence-electron chi connectivity index (χ4n) is 2.21. The number of hydrogen-bond acceptors (Lipinski definition) is 4. The van der Waals surface area contributed by atoms with Crippen molar-refractivity contribution in [3.63, 3.8) is 0 Å². The number of morpholine rings is 1. The third-order valence-corrected chi connectivity index (χ3v) is 4.03. The van der Waals surface area contributed by atoms with Gasteiger partial charge in [0.05, 0.1) is 12.3 Å². The molecule has 1 atom stereocenters. The predicted octanol–water partition coefficient (Wildman–Crippen LogP) is 2.88. The van der Waals surface area contributed by atoms with Crippen molar-refractivity contribution in [1.29, 1.82) is 0 Å². The summed E-state index contributed by atoms with van der Waals surface area (Å²) in [4.78, 5) is 7.17. The zero-order valence-corrected chi connectivity index (χ0v) is 11.6. The number of thiazole rings is 1.